The van der Waals surface area contributed by atoms with Crippen LogP contribution in [0.4, 0.5) is 11.5 Å². The summed E-state index contributed by atoms with van der Waals surface area (Å²) in [5, 5.41) is 20.8. The molecule has 1 unspecified atom stereocenters. The van der Waals surface area contributed by atoms with Crippen molar-refractivity contribution in [3.05, 3.63) is 16.4 Å². The van der Waals surface area contributed by atoms with E-state index in [0.29, 0.717) is 6.54 Å². The second-order valence-electron chi connectivity index (χ2n) is 4.69. The maximum atomic E-state index is 11.3. The molecule has 0 radical (unpaired) electrons. The van der Waals surface area contributed by atoms with Gasteiger partial charge in [0, 0.05) is 6.54 Å². The van der Waals surface area contributed by atoms with Crippen LogP contribution in [0.15, 0.2) is 6.33 Å². The second kappa shape index (κ2) is 6.47. The molecule has 0 amide bonds. The Labute approximate surface area is 116 Å². The van der Waals surface area contributed by atoms with E-state index in [4.69, 9.17) is 4.74 Å². The zero-order valence-corrected chi connectivity index (χ0v) is 11.4. The van der Waals surface area contributed by atoms with Crippen molar-refractivity contribution in [2.75, 3.05) is 25.2 Å². The van der Waals surface area contributed by atoms with E-state index < -0.39 is 4.92 Å². The van der Waals surface area contributed by atoms with Crippen LogP contribution in [0.1, 0.15) is 25.7 Å². The van der Waals surface area contributed by atoms with Gasteiger partial charge < -0.3 is 14.7 Å². The molecule has 0 saturated carbocycles. The van der Waals surface area contributed by atoms with Crippen LogP contribution in [-0.4, -0.2) is 46.3 Å². The Morgan fingerprint density at radius 1 is 1.50 bits per heavy atom. The molecule has 1 saturated heterocycles. The van der Waals surface area contributed by atoms with Gasteiger partial charge in [-0.05, 0) is 12.8 Å². The molecule has 1 atom stereocenters. The number of ether oxygens (including phenoxy) is 1. The molecule has 1 aromatic heterocycles. The van der Waals surface area contributed by atoms with E-state index in [2.05, 4.69) is 9.97 Å². The molecule has 1 fully saturated rings. The van der Waals surface area contributed by atoms with Crippen molar-refractivity contribution in [2.45, 2.75) is 31.7 Å². The fourth-order valence-electron chi connectivity index (χ4n) is 2.52. The fourth-order valence-corrected chi connectivity index (χ4v) is 2.52. The monoisotopic (exact) mass is 282 g/mol. The van der Waals surface area contributed by atoms with E-state index in [-0.39, 0.29) is 30.0 Å². The summed E-state index contributed by atoms with van der Waals surface area (Å²) < 4.78 is 4.96. The summed E-state index contributed by atoms with van der Waals surface area (Å²) in [4.78, 5) is 20.4. The predicted octanol–water partition coefficient (Wildman–Crippen LogP) is 1.13. The SMILES string of the molecule is COc1ncnc(N2CCCCCC2CO)c1[N+](=O)[O-]. The lowest BCUT2D eigenvalue weighted by atomic mass is 10.1. The minimum absolute atomic E-state index is 0.0521. The molecule has 8 heteroatoms. The minimum atomic E-state index is -0.534. The first-order valence-corrected chi connectivity index (χ1v) is 6.60. The number of aliphatic hydroxyl groups is 1. The molecule has 1 N–H and O–H groups in total. The third-order valence-corrected chi connectivity index (χ3v) is 3.51. The summed E-state index contributed by atoms with van der Waals surface area (Å²) in [5.74, 6) is 0.170. The number of aliphatic hydroxyl groups excluding tert-OH is 1. The molecule has 110 valence electrons. The van der Waals surface area contributed by atoms with Crippen LogP contribution in [0.25, 0.3) is 0 Å². The summed E-state index contributed by atoms with van der Waals surface area (Å²) >= 11 is 0. The Hall–Kier alpha value is -1.96. The number of anilines is 1. The Kier molecular flexibility index (Phi) is 4.67. The number of hydrogen-bond acceptors (Lipinski definition) is 7. The van der Waals surface area contributed by atoms with Gasteiger partial charge in [-0.1, -0.05) is 12.8 Å². The van der Waals surface area contributed by atoms with Crippen LogP contribution in [-0.2, 0) is 0 Å². The second-order valence-corrected chi connectivity index (χ2v) is 4.69. The molecule has 1 aliphatic heterocycles. The molecule has 20 heavy (non-hydrogen) atoms. The standard InChI is InChI=1S/C12H18N4O4/c1-20-12-10(16(18)19)11(13-8-14-12)15-6-4-2-3-5-9(15)7-17/h8-9,17H,2-7H2,1H3. The van der Waals surface area contributed by atoms with Crippen molar-refractivity contribution < 1.29 is 14.8 Å². The third-order valence-electron chi connectivity index (χ3n) is 3.51. The van der Waals surface area contributed by atoms with Crippen LogP contribution in [0, 0.1) is 10.1 Å². The van der Waals surface area contributed by atoms with Gasteiger partial charge in [-0.2, -0.15) is 4.98 Å². The Morgan fingerprint density at radius 3 is 2.95 bits per heavy atom. The van der Waals surface area contributed by atoms with Crippen LogP contribution >= 0.6 is 0 Å². The number of aromatic nitrogens is 2. The first kappa shape index (κ1) is 14.4. The molecular weight excluding hydrogens is 264 g/mol. The fraction of sp³-hybridized carbons (Fsp3) is 0.667. The zero-order chi connectivity index (χ0) is 14.5. The molecule has 2 heterocycles. The topological polar surface area (TPSA) is 102 Å². The maximum absolute atomic E-state index is 11.3. The average molecular weight is 282 g/mol. The van der Waals surface area contributed by atoms with Gasteiger partial charge in [-0.15, -0.1) is 0 Å². The Morgan fingerprint density at radius 2 is 2.30 bits per heavy atom. The number of rotatable bonds is 4. The smallest absolute Gasteiger partial charge is 0.372 e. The predicted molar refractivity (Wildman–Crippen MR) is 71.9 cm³/mol. The third kappa shape index (κ3) is 2.79. The van der Waals surface area contributed by atoms with Crippen molar-refractivity contribution in [1.29, 1.82) is 0 Å². The highest BCUT2D eigenvalue weighted by atomic mass is 16.6. The molecule has 2 rings (SSSR count). The van der Waals surface area contributed by atoms with Gasteiger partial charge in [-0.25, -0.2) is 4.98 Å². The van der Waals surface area contributed by atoms with Crippen molar-refractivity contribution >= 4 is 11.5 Å². The zero-order valence-electron chi connectivity index (χ0n) is 11.4. The molecule has 1 aromatic rings. The number of hydrogen-bond donors (Lipinski definition) is 1. The normalized spacial score (nSPS) is 19.5. The quantitative estimate of drug-likeness (QED) is 0.652. The van der Waals surface area contributed by atoms with Gasteiger partial charge in [0.2, 0.25) is 5.82 Å². The van der Waals surface area contributed by atoms with Gasteiger partial charge in [0.15, 0.2) is 0 Å². The van der Waals surface area contributed by atoms with Gasteiger partial charge in [0.1, 0.15) is 6.33 Å². The van der Waals surface area contributed by atoms with E-state index in [0.717, 1.165) is 25.7 Å². The van der Waals surface area contributed by atoms with Crippen molar-refractivity contribution in [1.82, 2.24) is 9.97 Å². The summed E-state index contributed by atoms with van der Waals surface area (Å²) in [5.41, 5.74) is -0.240. The number of nitro groups is 1. The van der Waals surface area contributed by atoms with Crippen LogP contribution in [0.5, 0.6) is 5.88 Å². The summed E-state index contributed by atoms with van der Waals surface area (Å²) in [6, 6.07) is -0.157. The van der Waals surface area contributed by atoms with Gasteiger partial charge in [0.25, 0.3) is 5.88 Å². The number of nitrogens with zero attached hydrogens (tertiary/aromatic N) is 4. The summed E-state index contributed by atoms with van der Waals surface area (Å²) in [7, 11) is 1.34. The summed E-state index contributed by atoms with van der Waals surface area (Å²) in [6.07, 6.45) is 5.00. The average Bonchev–Trinajstić information content (AvgIpc) is 2.71. The maximum Gasteiger partial charge on any atom is 0.372 e. The lowest BCUT2D eigenvalue weighted by Crippen LogP contribution is -2.38. The molecule has 8 nitrogen and oxygen atoms in total. The van der Waals surface area contributed by atoms with Crippen molar-refractivity contribution in [3.8, 4) is 5.88 Å². The summed E-state index contributed by atoms with van der Waals surface area (Å²) in [6.45, 7) is 0.579. The largest absolute Gasteiger partial charge is 0.476 e. The molecule has 0 bridgehead atoms. The van der Waals surface area contributed by atoms with Crippen molar-refractivity contribution in [2.24, 2.45) is 0 Å². The van der Waals surface area contributed by atoms with Crippen LogP contribution < -0.4 is 9.64 Å². The van der Waals surface area contributed by atoms with Crippen molar-refractivity contribution in [3.63, 3.8) is 0 Å². The van der Waals surface area contributed by atoms with Crippen LogP contribution in [0.3, 0.4) is 0 Å². The minimum Gasteiger partial charge on any atom is -0.476 e. The van der Waals surface area contributed by atoms with E-state index in [1.807, 2.05) is 0 Å². The number of methoxy groups -OCH3 is 1. The highest BCUT2D eigenvalue weighted by Gasteiger charge is 2.31. The lowest BCUT2D eigenvalue weighted by molar-refractivity contribution is -0.385. The lowest BCUT2D eigenvalue weighted by Gasteiger charge is -2.29. The van der Waals surface area contributed by atoms with Gasteiger partial charge in [0.05, 0.1) is 24.7 Å². The van der Waals surface area contributed by atoms with Gasteiger partial charge >= 0.3 is 5.69 Å². The van der Waals surface area contributed by atoms with Crippen LogP contribution in [0.2, 0.25) is 0 Å². The molecule has 0 aliphatic carbocycles. The highest BCUT2D eigenvalue weighted by molar-refractivity contribution is 5.63. The molecule has 0 aromatic carbocycles. The van der Waals surface area contributed by atoms with E-state index in [1.165, 1.54) is 13.4 Å². The molecule has 1 aliphatic rings. The first-order chi connectivity index (χ1) is 9.69. The Balaban J connectivity index is 2.46. The Bertz CT molecular complexity index is 483. The highest BCUT2D eigenvalue weighted by Crippen LogP contribution is 2.35. The first-order valence-electron chi connectivity index (χ1n) is 6.60. The van der Waals surface area contributed by atoms with E-state index >= 15 is 0 Å². The molecular formula is C12H18N4O4. The van der Waals surface area contributed by atoms with Gasteiger partial charge in [-0.3, -0.25) is 10.1 Å². The van der Waals surface area contributed by atoms with E-state index in [9.17, 15) is 15.2 Å². The van der Waals surface area contributed by atoms with E-state index in [1.54, 1.807) is 4.90 Å². The molecule has 0 spiro atoms.